The zero-order chi connectivity index (χ0) is 14.7. The van der Waals surface area contributed by atoms with Crippen molar-refractivity contribution in [1.82, 2.24) is 0 Å². The van der Waals surface area contributed by atoms with Crippen molar-refractivity contribution in [2.24, 2.45) is 4.99 Å². The molecule has 0 N–H and O–H groups in total. The first-order chi connectivity index (χ1) is 9.47. The first-order valence-electron chi connectivity index (χ1n) is 5.42. The van der Waals surface area contributed by atoms with Gasteiger partial charge in [0.15, 0.2) is 0 Å². The topological polar surface area (TPSA) is 78.6 Å². The van der Waals surface area contributed by atoms with E-state index in [-0.39, 0.29) is 10.6 Å². The number of nitrogens with zero attached hydrogens (tertiary/aromatic N) is 2. The standard InChI is InChI=1S/C13H8Cl2N2O3/c14-9-1-3-11(4-2-9)16-7-8-5-10(15)6-12(13(8)18)17(19)20/h1-7,18H/p-1. The fourth-order valence-corrected chi connectivity index (χ4v) is 1.85. The molecule has 0 aliphatic carbocycles. The van der Waals surface area contributed by atoms with Gasteiger partial charge in [0.25, 0.3) is 5.69 Å². The summed E-state index contributed by atoms with van der Waals surface area (Å²) in [5, 5.41) is 23.2. The van der Waals surface area contributed by atoms with Gasteiger partial charge in [-0.3, -0.25) is 15.1 Å². The highest BCUT2D eigenvalue weighted by Gasteiger charge is 2.11. The highest BCUT2D eigenvalue weighted by Crippen LogP contribution is 2.30. The largest absolute Gasteiger partial charge is 0.867 e. The van der Waals surface area contributed by atoms with Gasteiger partial charge in [0, 0.05) is 22.3 Å². The Balaban J connectivity index is 2.38. The average molecular weight is 310 g/mol. The summed E-state index contributed by atoms with van der Waals surface area (Å²) in [7, 11) is 0. The minimum absolute atomic E-state index is 0.0548. The van der Waals surface area contributed by atoms with E-state index >= 15 is 0 Å². The van der Waals surface area contributed by atoms with Crippen LogP contribution in [0.3, 0.4) is 0 Å². The zero-order valence-corrected chi connectivity index (χ0v) is 11.4. The quantitative estimate of drug-likeness (QED) is 0.492. The summed E-state index contributed by atoms with van der Waals surface area (Å²) in [6.07, 6.45) is 1.24. The third-order valence-corrected chi connectivity index (χ3v) is 2.91. The second-order valence-electron chi connectivity index (χ2n) is 3.83. The van der Waals surface area contributed by atoms with Crippen molar-refractivity contribution >= 4 is 40.8 Å². The van der Waals surface area contributed by atoms with E-state index in [1.165, 1.54) is 12.3 Å². The van der Waals surface area contributed by atoms with Crippen LogP contribution in [-0.4, -0.2) is 11.1 Å². The normalized spacial score (nSPS) is 10.9. The molecule has 0 saturated heterocycles. The van der Waals surface area contributed by atoms with E-state index in [9.17, 15) is 15.2 Å². The van der Waals surface area contributed by atoms with Crippen LogP contribution in [0.4, 0.5) is 11.4 Å². The molecule has 0 fully saturated rings. The molecule has 2 aromatic rings. The molecule has 0 bridgehead atoms. The predicted molar refractivity (Wildman–Crippen MR) is 76.3 cm³/mol. The molecule has 0 aliphatic rings. The molecular weight excluding hydrogens is 303 g/mol. The number of aliphatic imine (C=N–C) groups is 1. The molecule has 5 nitrogen and oxygen atoms in total. The molecule has 0 aromatic heterocycles. The fraction of sp³-hybridized carbons (Fsp3) is 0. The second kappa shape index (κ2) is 5.90. The number of nitro benzene ring substituents is 1. The molecule has 0 radical (unpaired) electrons. The molecule has 0 heterocycles. The van der Waals surface area contributed by atoms with Crippen molar-refractivity contribution in [3.8, 4) is 5.75 Å². The van der Waals surface area contributed by atoms with Crippen molar-refractivity contribution in [1.29, 1.82) is 0 Å². The number of hydrogen-bond acceptors (Lipinski definition) is 4. The number of benzene rings is 2. The van der Waals surface area contributed by atoms with Crippen LogP contribution in [-0.2, 0) is 0 Å². The Hall–Kier alpha value is -2.11. The lowest BCUT2D eigenvalue weighted by Crippen LogP contribution is -2.02. The lowest BCUT2D eigenvalue weighted by atomic mass is 10.2. The summed E-state index contributed by atoms with van der Waals surface area (Å²) >= 11 is 11.5. The minimum Gasteiger partial charge on any atom is -0.867 e. The predicted octanol–water partition coefficient (Wildman–Crippen LogP) is 3.73. The Kier molecular flexibility index (Phi) is 4.22. The molecule has 0 aliphatic heterocycles. The van der Waals surface area contributed by atoms with Crippen molar-refractivity contribution in [3.05, 3.63) is 62.1 Å². The molecule has 7 heteroatoms. The summed E-state index contributed by atoms with van der Waals surface area (Å²) in [6, 6.07) is 8.95. The summed E-state index contributed by atoms with van der Waals surface area (Å²) < 4.78 is 0. The van der Waals surface area contributed by atoms with Crippen molar-refractivity contribution in [2.45, 2.75) is 0 Å². The lowest BCUT2D eigenvalue weighted by Gasteiger charge is -2.10. The van der Waals surface area contributed by atoms with Gasteiger partial charge in [-0.05, 0) is 41.6 Å². The van der Waals surface area contributed by atoms with Gasteiger partial charge in [-0.2, -0.15) is 0 Å². The van der Waals surface area contributed by atoms with Gasteiger partial charge in [-0.15, -0.1) is 0 Å². The highest BCUT2D eigenvalue weighted by atomic mass is 35.5. The van der Waals surface area contributed by atoms with Crippen LogP contribution in [0.5, 0.6) is 5.75 Å². The van der Waals surface area contributed by atoms with Crippen LogP contribution >= 0.6 is 23.2 Å². The van der Waals surface area contributed by atoms with E-state index in [2.05, 4.69) is 4.99 Å². The van der Waals surface area contributed by atoms with Gasteiger partial charge in [-0.25, -0.2) is 0 Å². The summed E-state index contributed by atoms with van der Waals surface area (Å²) in [4.78, 5) is 14.0. The second-order valence-corrected chi connectivity index (χ2v) is 4.71. The van der Waals surface area contributed by atoms with Crippen molar-refractivity contribution < 1.29 is 10.0 Å². The van der Waals surface area contributed by atoms with Gasteiger partial charge in [-0.1, -0.05) is 23.2 Å². The molecule has 0 atom stereocenters. The van der Waals surface area contributed by atoms with Crippen LogP contribution in [0.15, 0.2) is 41.4 Å². The van der Waals surface area contributed by atoms with Crippen LogP contribution < -0.4 is 5.11 Å². The maximum atomic E-state index is 11.8. The summed E-state index contributed by atoms with van der Waals surface area (Å²) in [5.41, 5.74) is 0.0469. The minimum atomic E-state index is -0.770. The van der Waals surface area contributed by atoms with E-state index in [1.807, 2.05) is 0 Å². The Morgan fingerprint density at radius 3 is 2.35 bits per heavy atom. The maximum absolute atomic E-state index is 11.8. The molecule has 2 aromatic carbocycles. The maximum Gasteiger partial charge on any atom is 0.263 e. The molecule has 20 heavy (non-hydrogen) atoms. The van der Waals surface area contributed by atoms with Gasteiger partial charge in [0.05, 0.1) is 10.6 Å². The third-order valence-electron chi connectivity index (χ3n) is 2.44. The molecular formula is C13H7Cl2N2O3-. The Morgan fingerprint density at radius 1 is 1.10 bits per heavy atom. The molecule has 0 saturated carbocycles. The SMILES string of the molecule is O=[N+]([O-])c1cc(Cl)cc(C=Nc2ccc(Cl)cc2)c1[O-]. The monoisotopic (exact) mass is 309 g/mol. The average Bonchev–Trinajstić information content (AvgIpc) is 2.41. The molecule has 0 spiro atoms. The molecule has 2 rings (SSSR count). The van der Waals surface area contributed by atoms with Crippen molar-refractivity contribution in [2.75, 3.05) is 0 Å². The van der Waals surface area contributed by atoms with E-state index in [0.717, 1.165) is 6.07 Å². The summed E-state index contributed by atoms with van der Waals surface area (Å²) in [5.74, 6) is -0.725. The van der Waals surface area contributed by atoms with Gasteiger partial charge in [0.2, 0.25) is 0 Å². The van der Waals surface area contributed by atoms with E-state index in [0.29, 0.717) is 10.7 Å². The summed E-state index contributed by atoms with van der Waals surface area (Å²) in [6.45, 7) is 0. The smallest absolute Gasteiger partial charge is 0.263 e. The third kappa shape index (κ3) is 3.26. The first kappa shape index (κ1) is 14.3. The van der Waals surface area contributed by atoms with Crippen LogP contribution in [0.2, 0.25) is 10.0 Å². The van der Waals surface area contributed by atoms with Crippen LogP contribution in [0, 0.1) is 10.1 Å². The van der Waals surface area contributed by atoms with Gasteiger partial charge < -0.3 is 5.11 Å². The van der Waals surface area contributed by atoms with Crippen molar-refractivity contribution in [3.63, 3.8) is 0 Å². The number of halogens is 2. The zero-order valence-electron chi connectivity index (χ0n) is 9.92. The number of hydrogen-bond donors (Lipinski definition) is 0. The number of nitro groups is 1. The van der Waals surface area contributed by atoms with E-state index in [1.54, 1.807) is 24.3 Å². The first-order valence-corrected chi connectivity index (χ1v) is 6.17. The Labute approximate surface area is 124 Å². The molecule has 0 unspecified atom stereocenters. The Morgan fingerprint density at radius 2 is 1.75 bits per heavy atom. The van der Waals surface area contributed by atoms with E-state index < -0.39 is 16.4 Å². The lowest BCUT2D eigenvalue weighted by molar-refractivity contribution is -0.398. The van der Waals surface area contributed by atoms with Gasteiger partial charge in [0.1, 0.15) is 0 Å². The molecule has 0 amide bonds. The molecule has 102 valence electrons. The van der Waals surface area contributed by atoms with Crippen LogP contribution in [0.25, 0.3) is 0 Å². The highest BCUT2D eigenvalue weighted by molar-refractivity contribution is 6.31. The number of rotatable bonds is 3. The van der Waals surface area contributed by atoms with E-state index in [4.69, 9.17) is 23.2 Å². The fourth-order valence-electron chi connectivity index (χ4n) is 1.50. The Bertz CT molecular complexity index is 685. The van der Waals surface area contributed by atoms with Gasteiger partial charge >= 0.3 is 0 Å². The van der Waals surface area contributed by atoms with Crippen LogP contribution in [0.1, 0.15) is 5.56 Å².